The van der Waals surface area contributed by atoms with Gasteiger partial charge in [-0.25, -0.2) is 0 Å². The second kappa shape index (κ2) is 9.14. The van der Waals surface area contributed by atoms with Crippen LogP contribution in [0.5, 0.6) is 0 Å². The van der Waals surface area contributed by atoms with Gasteiger partial charge >= 0.3 is 0 Å². The molecule has 0 spiro atoms. The van der Waals surface area contributed by atoms with E-state index in [1.165, 1.54) is 0 Å². The maximum Gasteiger partial charge on any atom is 0.251 e. The lowest BCUT2D eigenvalue weighted by molar-refractivity contribution is -0.0237. The molecule has 0 saturated heterocycles. The fourth-order valence-corrected chi connectivity index (χ4v) is 5.24. The van der Waals surface area contributed by atoms with Crippen molar-refractivity contribution in [2.75, 3.05) is 19.3 Å². The first kappa shape index (κ1) is 23.0. The predicted octanol–water partition coefficient (Wildman–Crippen LogP) is 2.35. The number of fused-ring (bicyclic) bond motifs is 1. The van der Waals surface area contributed by atoms with Crippen molar-refractivity contribution in [3.63, 3.8) is 0 Å². The molecule has 1 aromatic heterocycles. The first-order chi connectivity index (χ1) is 16.8. The van der Waals surface area contributed by atoms with Gasteiger partial charge in [-0.3, -0.25) is 19.9 Å². The van der Waals surface area contributed by atoms with Crippen LogP contribution in [0, 0.1) is 11.3 Å². The Hall–Kier alpha value is -3.72. The number of anilines is 1. The summed E-state index contributed by atoms with van der Waals surface area (Å²) in [6.07, 6.45) is 12.2. The number of amides is 1. The summed E-state index contributed by atoms with van der Waals surface area (Å²) in [5.74, 6) is -0.0766. The lowest BCUT2D eigenvalue weighted by Gasteiger charge is -2.37. The van der Waals surface area contributed by atoms with E-state index in [1.807, 2.05) is 42.5 Å². The second-order valence-electron chi connectivity index (χ2n) is 9.80. The molecule has 3 aliphatic rings. The summed E-state index contributed by atoms with van der Waals surface area (Å²) in [7, 11) is 1.93. The van der Waals surface area contributed by atoms with Crippen LogP contribution in [0.15, 0.2) is 65.6 Å². The van der Waals surface area contributed by atoms with Crippen molar-refractivity contribution in [2.24, 2.45) is 11.0 Å². The zero-order valence-corrected chi connectivity index (χ0v) is 19.8. The van der Waals surface area contributed by atoms with E-state index in [4.69, 9.17) is 11.1 Å². The average Bonchev–Trinajstić information content (AvgIpc) is 3.46. The Balaban J connectivity index is 1.28. The Morgan fingerprint density at radius 2 is 2.23 bits per heavy atom. The summed E-state index contributed by atoms with van der Waals surface area (Å²) in [6, 6.07) is 6.74. The number of hydrazone groups is 1. The van der Waals surface area contributed by atoms with Gasteiger partial charge in [0.25, 0.3) is 5.91 Å². The minimum atomic E-state index is -0.910. The van der Waals surface area contributed by atoms with Gasteiger partial charge in [-0.05, 0) is 61.6 Å². The molecule has 35 heavy (non-hydrogen) atoms. The Morgan fingerprint density at radius 3 is 3.03 bits per heavy atom. The molecule has 1 aromatic carbocycles. The third kappa shape index (κ3) is 4.90. The molecule has 1 aliphatic heterocycles. The fraction of sp³-hybridized carbons (Fsp3) is 0.385. The molecule has 5 rings (SSSR count). The highest BCUT2D eigenvalue weighted by atomic mass is 16.3. The Kier molecular flexibility index (Phi) is 6.02. The van der Waals surface area contributed by atoms with Crippen molar-refractivity contribution in [2.45, 2.75) is 43.9 Å². The number of hydrogen-bond donors (Lipinski definition) is 4. The molecule has 2 heterocycles. The van der Waals surface area contributed by atoms with Crippen molar-refractivity contribution in [3.8, 4) is 0 Å². The summed E-state index contributed by atoms with van der Waals surface area (Å²) in [4.78, 5) is 13.1. The van der Waals surface area contributed by atoms with Crippen molar-refractivity contribution in [1.29, 1.82) is 5.41 Å². The van der Waals surface area contributed by atoms with Gasteiger partial charge in [-0.2, -0.15) is 10.2 Å². The van der Waals surface area contributed by atoms with Crippen LogP contribution < -0.4 is 11.1 Å². The molecule has 2 aliphatic carbocycles. The monoisotopic (exact) mass is 473 g/mol. The van der Waals surface area contributed by atoms with Gasteiger partial charge < -0.3 is 16.2 Å². The number of hydrogen-bond acceptors (Lipinski definition) is 7. The summed E-state index contributed by atoms with van der Waals surface area (Å²) >= 11 is 0. The normalized spacial score (nSPS) is 25.6. The SMILES string of the molecule is CN1CC2C=C(C(=N)c3cc(C(=O)N[C@@H]4CCC[C@](O)(Cn5cccn5)C4)ccc3N)C=CC2=N1. The van der Waals surface area contributed by atoms with Gasteiger partial charge in [-0.15, -0.1) is 0 Å². The number of nitrogen functional groups attached to an aromatic ring is 1. The predicted molar refractivity (Wildman–Crippen MR) is 135 cm³/mol. The van der Waals surface area contributed by atoms with Crippen LogP contribution >= 0.6 is 0 Å². The molecule has 1 fully saturated rings. The van der Waals surface area contributed by atoms with Crippen molar-refractivity contribution < 1.29 is 9.90 Å². The van der Waals surface area contributed by atoms with Crippen molar-refractivity contribution in [1.82, 2.24) is 20.1 Å². The number of carbonyl (C=O) groups is 1. The molecule has 5 N–H and O–H groups in total. The van der Waals surface area contributed by atoms with E-state index in [-0.39, 0.29) is 23.6 Å². The number of rotatable bonds is 6. The van der Waals surface area contributed by atoms with Gasteiger partial charge in [0.1, 0.15) is 0 Å². The molecule has 1 unspecified atom stereocenters. The molecule has 9 nitrogen and oxygen atoms in total. The third-order valence-corrected chi connectivity index (χ3v) is 6.99. The number of nitrogens with two attached hydrogens (primary N) is 1. The number of carbonyl (C=O) groups excluding carboxylic acids is 1. The summed E-state index contributed by atoms with van der Waals surface area (Å²) < 4.78 is 1.73. The Labute approximate surface area is 204 Å². The van der Waals surface area contributed by atoms with Crippen LogP contribution in [0.2, 0.25) is 0 Å². The summed E-state index contributed by atoms with van der Waals surface area (Å²) in [5.41, 5.74) is 8.78. The van der Waals surface area contributed by atoms with Crippen molar-refractivity contribution >= 4 is 23.0 Å². The molecule has 9 heteroatoms. The summed E-state index contributed by atoms with van der Waals surface area (Å²) in [6.45, 7) is 1.18. The molecule has 1 saturated carbocycles. The Morgan fingerprint density at radius 1 is 1.37 bits per heavy atom. The van der Waals surface area contributed by atoms with E-state index in [9.17, 15) is 9.90 Å². The van der Waals surface area contributed by atoms with Gasteiger partial charge in [-0.1, -0.05) is 12.2 Å². The number of aliphatic hydroxyl groups is 1. The number of nitrogens with zero attached hydrogens (tertiary/aromatic N) is 4. The molecule has 2 aromatic rings. The first-order valence-corrected chi connectivity index (χ1v) is 12.0. The van der Waals surface area contributed by atoms with Gasteiger partial charge in [0.15, 0.2) is 0 Å². The molecular weight excluding hydrogens is 442 g/mol. The van der Waals surface area contributed by atoms with E-state index in [1.54, 1.807) is 29.1 Å². The van der Waals surface area contributed by atoms with Crippen LogP contribution in [0.1, 0.15) is 41.6 Å². The lowest BCUT2D eigenvalue weighted by Crippen LogP contribution is -2.47. The molecule has 0 bridgehead atoms. The lowest BCUT2D eigenvalue weighted by atomic mass is 9.81. The fourth-order valence-electron chi connectivity index (χ4n) is 5.24. The Bertz CT molecular complexity index is 1230. The number of aromatic nitrogens is 2. The van der Waals surface area contributed by atoms with Crippen LogP contribution in [0.3, 0.4) is 0 Å². The van der Waals surface area contributed by atoms with Crippen molar-refractivity contribution in [3.05, 3.63) is 71.6 Å². The van der Waals surface area contributed by atoms with Crippen LogP contribution in [0.4, 0.5) is 5.69 Å². The van der Waals surface area contributed by atoms with Gasteiger partial charge in [0, 0.05) is 54.8 Å². The third-order valence-electron chi connectivity index (χ3n) is 6.99. The highest BCUT2D eigenvalue weighted by Gasteiger charge is 2.35. The standard InChI is InChI=1S/C26H31N7O2/c1-32-15-19-12-17(6-8-23(19)31-32)24(28)21-13-18(5-7-22(21)27)25(34)30-20-4-2-9-26(35,14-20)16-33-11-3-10-29-33/h3,5-8,10-13,19-20,28,35H,2,4,9,14-16,27H2,1H3,(H,30,34)/t19?,20-,26-/m1/s1. The van der Waals surface area contributed by atoms with E-state index in [2.05, 4.69) is 15.5 Å². The number of nitrogens with one attached hydrogen (secondary N) is 2. The average molecular weight is 474 g/mol. The van der Waals surface area contributed by atoms with Crippen LogP contribution in [-0.2, 0) is 6.54 Å². The van der Waals surface area contributed by atoms with E-state index >= 15 is 0 Å². The van der Waals surface area contributed by atoms with Crippen LogP contribution in [-0.4, -0.2) is 62.5 Å². The molecule has 1 amide bonds. The topological polar surface area (TPSA) is 133 Å². The highest BCUT2D eigenvalue weighted by molar-refractivity contribution is 6.18. The zero-order chi connectivity index (χ0) is 24.6. The maximum atomic E-state index is 13.1. The molecule has 0 radical (unpaired) electrons. The quantitative estimate of drug-likeness (QED) is 0.378. The molecular formula is C26H31N7O2. The zero-order valence-electron chi connectivity index (χ0n) is 19.8. The van der Waals surface area contributed by atoms with E-state index < -0.39 is 5.60 Å². The van der Waals surface area contributed by atoms with Gasteiger partial charge in [0.2, 0.25) is 0 Å². The van der Waals surface area contributed by atoms with Gasteiger partial charge in [0.05, 0.1) is 23.6 Å². The number of benzene rings is 1. The molecule has 3 atom stereocenters. The smallest absolute Gasteiger partial charge is 0.251 e. The highest BCUT2D eigenvalue weighted by Crippen LogP contribution is 2.30. The first-order valence-electron chi connectivity index (χ1n) is 12.0. The number of allylic oxidation sites excluding steroid dienone is 3. The minimum absolute atomic E-state index is 0.140. The largest absolute Gasteiger partial charge is 0.398 e. The van der Waals surface area contributed by atoms with Crippen LogP contribution in [0.25, 0.3) is 0 Å². The maximum absolute atomic E-state index is 13.1. The molecule has 182 valence electrons. The second-order valence-corrected chi connectivity index (χ2v) is 9.80. The van der Waals surface area contributed by atoms with E-state index in [0.717, 1.165) is 30.7 Å². The minimum Gasteiger partial charge on any atom is -0.398 e. The van der Waals surface area contributed by atoms with E-state index in [0.29, 0.717) is 36.2 Å². The summed E-state index contributed by atoms with van der Waals surface area (Å²) in [5, 5.41) is 33.5.